The molecule has 1 fully saturated rings. The zero-order valence-electron chi connectivity index (χ0n) is 11.9. The van der Waals surface area contributed by atoms with Crippen molar-refractivity contribution in [1.82, 2.24) is 14.8 Å². The Morgan fingerprint density at radius 2 is 2.28 bits per heavy atom. The first-order valence-corrected chi connectivity index (χ1v) is 7.82. The molecule has 1 aliphatic heterocycles. The van der Waals surface area contributed by atoms with E-state index in [0.29, 0.717) is 0 Å². The topological polar surface area (TPSA) is 19.4 Å². The van der Waals surface area contributed by atoms with Gasteiger partial charge in [-0.25, -0.2) is 4.98 Å². The fourth-order valence-corrected chi connectivity index (χ4v) is 3.47. The fraction of sp³-hybridized carbons (Fsp3) is 0.786. The van der Waals surface area contributed by atoms with Crippen LogP contribution < -0.4 is 0 Å². The van der Waals surface area contributed by atoms with E-state index >= 15 is 0 Å². The van der Waals surface area contributed by atoms with Crippen LogP contribution in [0.25, 0.3) is 0 Å². The molecule has 0 bridgehead atoms. The lowest BCUT2D eigenvalue weighted by Gasteiger charge is -2.36. The van der Waals surface area contributed by atoms with Crippen molar-refractivity contribution in [2.75, 3.05) is 27.2 Å². The highest BCUT2D eigenvalue weighted by molar-refractivity contribution is 7.09. The molecule has 0 unspecified atom stereocenters. The molecular weight excluding hydrogens is 242 g/mol. The Balaban J connectivity index is 1.93. The summed E-state index contributed by atoms with van der Waals surface area (Å²) in [6.07, 6.45) is 5.42. The zero-order valence-corrected chi connectivity index (χ0v) is 12.7. The van der Waals surface area contributed by atoms with Crippen molar-refractivity contribution in [2.24, 2.45) is 0 Å². The third-order valence-electron chi connectivity index (χ3n) is 3.85. The van der Waals surface area contributed by atoms with Crippen molar-refractivity contribution in [3.8, 4) is 0 Å². The first kappa shape index (κ1) is 14.0. The Morgan fingerprint density at radius 3 is 2.94 bits per heavy atom. The normalized spacial score (nSPS) is 21.7. The van der Waals surface area contributed by atoms with Crippen LogP contribution >= 0.6 is 11.3 Å². The van der Waals surface area contributed by atoms with Crippen LogP contribution in [-0.2, 0) is 6.54 Å². The summed E-state index contributed by atoms with van der Waals surface area (Å²) in [6, 6.07) is 0.766. The standard InChI is InChI=1S/C14H25N3S/c1-12-14(18-11-15-12)10-17-8-5-4-6-13(17)7-9-16(2)3/h11,13H,4-10H2,1-3H3/t13-/m1/s1. The van der Waals surface area contributed by atoms with Crippen LogP contribution in [-0.4, -0.2) is 48.0 Å². The summed E-state index contributed by atoms with van der Waals surface area (Å²) in [5.74, 6) is 0. The van der Waals surface area contributed by atoms with Crippen LogP contribution in [0.4, 0.5) is 0 Å². The van der Waals surface area contributed by atoms with Crippen LogP contribution in [0.2, 0.25) is 0 Å². The first-order valence-electron chi connectivity index (χ1n) is 6.94. The summed E-state index contributed by atoms with van der Waals surface area (Å²) in [7, 11) is 4.33. The molecule has 2 heterocycles. The summed E-state index contributed by atoms with van der Waals surface area (Å²) >= 11 is 1.81. The minimum Gasteiger partial charge on any atom is -0.309 e. The predicted octanol–water partition coefficient (Wildman–Crippen LogP) is 2.76. The van der Waals surface area contributed by atoms with E-state index in [4.69, 9.17) is 0 Å². The van der Waals surface area contributed by atoms with Crippen LogP contribution in [0.15, 0.2) is 5.51 Å². The molecule has 1 saturated heterocycles. The number of nitrogens with zero attached hydrogens (tertiary/aromatic N) is 3. The Labute approximate surface area is 115 Å². The SMILES string of the molecule is Cc1ncsc1CN1CCCC[C@@H]1CCN(C)C. The Kier molecular flexibility index (Phi) is 5.15. The lowest BCUT2D eigenvalue weighted by molar-refractivity contribution is 0.125. The molecule has 3 nitrogen and oxygen atoms in total. The molecule has 102 valence electrons. The molecule has 1 aromatic rings. The van der Waals surface area contributed by atoms with E-state index in [1.54, 1.807) is 11.3 Å². The smallest absolute Gasteiger partial charge is 0.0798 e. The highest BCUT2D eigenvalue weighted by Gasteiger charge is 2.23. The number of likely N-dealkylation sites (tertiary alicyclic amines) is 1. The second-order valence-corrected chi connectivity index (χ2v) is 6.51. The molecule has 1 atom stereocenters. The maximum atomic E-state index is 4.36. The van der Waals surface area contributed by atoms with E-state index in [1.165, 1.54) is 49.3 Å². The number of thiazole rings is 1. The second kappa shape index (κ2) is 6.64. The number of aryl methyl sites for hydroxylation is 1. The van der Waals surface area contributed by atoms with E-state index in [1.807, 2.05) is 5.51 Å². The van der Waals surface area contributed by atoms with Gasteiger partial charge in [0.1, 0.15) is 0 Å². The number of aromatic nitrogens is 1. The maximum absolute atomic E-state index is 4.36. The van der Waals surface area contributed by atoms with Gasteiger partial charge in [-0.1, -0.05) is 6.42 Å². The van der Waals surface area contributed by atoms with Gasteiger partial charge in [-0.15, -0.1) is 11.3 Å². The predicted molar refractivity (Wildman–Crippen MR) is 78.1 cm³/mol. The van der Waals surface area contributed by atoms with Crippen LogP contribution in [0.5, 0.6) is 0 Å². The highest BCUT2D eigenvalue weighted by Crippen LogP contribution is 2.24. The summed E-state index contributed by atoms with van der Waals surface area (Å²) < 4.78 is 0. The van der Waals surface area contributed by atoms with E-state index in [2.05, 4.69) is 35.8 Å². The monoisotopic (exact) mass is 267 g/mol. The van der Waals surface area contributed by atoms with E-state index in [0.717, 1.165) is 12.6 Å². The molecule has 18 heavy (non-hydrogen) atoms. The van der Waals surface area contributed by atoms with Gasteiger partial charge in [0, 0.05) is 17.5 Å². The molecule has 0 N–H and O–H groups in total. The van der Waals surface area contributed by atoms with Gasteiger partial charge in [-0.2, -0.15) is 0 Å². The molecule has 0 radical (unpaired) electrons. The quantitative estimate of drug-likeness (QED) is 0.818. The van der Waals surface area contributed by atoms with Gasteiger partial charge < -0.3 is 4.90 Å². The van der Waals surface area contributed by atoms with E-state index in [-0.39, 0.29) is 0 Å². The Morgan fingerprint density at radius 1 is 1.44 bits per heavy atom. The first-order chi connectivity index (χ1) is 8.66. The molecule has 1 aliphatic rings. The third-order valence-corrected chi connectivity index (χ3v) is 4.77. The summed E-state index contributed by atoms with van der Waals surface area (Å²) in [4.78, 5) is 10.8. The van der Waals surface area contributed by atoms with Gasteiger partial charge in [0.15, 0.2) is 0 Å². The lowest BCUT2D eigenvalue weighted by atomic mass is 9.99. The molecule has 0 spiro atoms. The van der Waals surface area contributed by atoms with Gasteiger partial charge in [0.25, 0.3) is 0 Å². The highest BCUT2D eigenvalue weighted by atomic mass is 32.1. The maximum Gasteiger partial charge on any atom is 0.0798 e. The largest absolute Gasteiger partial charge is 0.309 e. The zero-order chi connectivity index (χ0) is 13.0. The minimum atomic E-state index is 0.766. The second-order valence-electron chi connectivity index (χ2n) is 5.57. The fourth-order valence-electron chi connectivity index (χ4n) is 2.66. The molecular formula is C14H25N3S. The van der Waals surface area contributed by atoms with Crippen molar-refractivity contribution in [1.29, 1.82) is 0 Å². The molecule has 0 saturated carbocycles. The van der Waals surface area contributed by atoms with Crippen molar-refractivity contribution >= 4 is 11.3 Å². The molecule has 1 aromatic heterocycles. The van der Waals surface area contributed by atoms with Crippen molar-refractivity contribution in [2.45, 2.75) is 45.2 Å². The van der Waals surface area contributed by atoms with Gasteiger partial charge in [0.2, 0.25) is 0 Å². The van der Waals surface area contributed by atoms with Crippen molar-refractivity contribution < 1.29 is 0 Å². The Bertz CT molecular complexity index is 362. The molecule has 0 aliphatic carbocycles. The van der Waals surface area contributed by atoms with E-state index < -0.39 is 0 Å². The van der Waals surface area contributed by atoms with Gasteiger partial charge in [0.05, 0.1) is 11.2 Å². The van der Waals surface area contributed by atoms with E-state index in [9.17, 15) is 0 Å². The number of hydrogen-bond acceptors (Lipinski definition) is 4. The lowest BCUT2D eigenvalue weighted by Crippen LogP contribution is -2.40. The number of piperidine rings is 1. The average Bonchev–Trinajstić information content (AvgIpc) is 2.74. The summed E-state index contributed by atoms with van der Waals surface area (Å²) in [5, 5.41) is 0. The summed E-state index contributed by atoms with van der Waals surface area (Å²) in [6.45, 7) is 5.69. The minimum absolute atomic E-state index is 0.766. The molecule has 0 amide bonds. The van der Waals surface area contributed by atoms with Gasteiger partial charge in [-0.3, -0.25) is 4.90 Å². The molecule has 2 rings (SSSR count). The van der Waals surface area contributed by atoms with Crippen molar-refractivity contribution in [3.05, 3.63) is 16.1 Å². The van der Waals surface area contributed by atoms with Crippen LogP contribution in [0.1, 0.15) is 36.3 Å². The third kappa shape index (κ3) is 3.77. The summed E-state index contributed by atoms with van der Waals surface area (Å²) in [5.41, 5.74) is 3.20. The Hall–Kier alpha value is -0.450. The van der Waals surface area contributed by atoms with Crippen LogP contribution in [0.3, 0.4) is 0 Å². The van der Waals surface area contributed by atoms with Crippen molar-refractivity contribution in [3.63, 3.8) is 0 Å². The number of rotatable bonds is 5. The number of hydrogen-bond donors (Lipinski definition) is 0. The van der Waals surface area contributed by atoms with Gasteiger partial charge >= 0.3 is 0 Å². The average molecular weight is 267 g/mol. The van der Waals surface area contributed by atoms with Gasteiger partial charge in [-0.05, 0) is 53.4 Å². The molecule has 4 heteroatoms. The molecule has 0 aromatic carbocycles. The van der Waals surface area contributed by atoms with Crippen LogP contribution in [0, 0.1) is 6.92 Å².